The van der Waals surface area contributed by atoms with Crippen LogP contribution in [0.15, 0.2) is 42.5 Å². The lowest BCUT2D eigenvalue weighted by atomic mass is 10.1. The minimum atomic E-state index is -0.158. The molecule has 2 nitrogen and oxygen atoms in total. The normalized spacial score (nSPS) is 17.1. The fraction of sp³-hybridized carbons (Fsp3) is 0.333. The van der Waals surface area contributed by atoms with Gasteiger partial charge in [-0.3, -0.25) is 0 Å². The molecule has 21 heavy (non-hydrogen) atoms. The van der Waals surface area contributed by atoms with E-state index in [0.717, 1.165) is 25.2 Å². The van der Waals surface area contributed by atoms with Gasteiger partial charge in [0.1, 0.15) is 5.82 Å². The highest BCUT2D eigenvalue weighted by molar-refractivity contribution is 5.72. The van der Waals surface area contributed by atoms with Crippen LogP contribution in [0.25, 0.3) is 0 Å². The van der Waals surface area contributed by atoms with Gasteiger partial charge in [0.05, 0.1) is 0 Å². The molecule has 1 heterocycles. The quantitative estimate of drug-likeness (QED) is 0.918. The maximum Gasteiger partial charge on any atom is 0.125 e. The SMILES string of the molecule is Fc1ccc2c(c1)N(c1ccccc1CNC1CC1)CC2. The average Bonchev–Trinajstić information content (AvgIpc) is 3.24. The largest absolute Gasteiger partial charge is 0.341 e. The molecule has 1 fully saturated rings. The van der Waals surface area contributed by atoms with E-state index in [4.69, 9.17) is 0 Å². The number of para-hydroxylation sites is 1. The zero-order valence-corrected chi connectivity index (χ0v) is 12.0. The van der Waals surface area contributed by atoms with Crippen LogP contribution in [0.4, 0.5) is 15.8 Å². The number of anilines is 2. The van der Waals surface area contributed by atoms with Gasteiger partial charge in [0.25, 0.3) is 0 Å². The van der Waals surface area contributed by atoms with Crippen molar-refractivity contribution in [1.29, 1.82) is 0 Å². The molecule has 4 rings (SSSR count). The van der Waals surface area contributed by atoms with E-state index < -0.39 is 0 Å². The number of nitrogens with one attached hydrogen (secondary N) is 1. The van der Waals surface area contributed by atoms with E-state index in [-0.39, 0.29) is 5.82 Å². The summed E-state index contributed by atoms with van der Waals surface area (Å²) in [5, 5.41) is 3.57. The van der Waals surface area contributed by atoms with Crippen LogP contribution >= 0.6 is 0 Å². The number of halogens is 1. The van der Waals surface area contributed by atoms with Crippen LogP contribution in [0.1, 0.15) is 24.0 Å². The van der Waals surface area contributed by atoms with Crippen molar-refractivity contribution in [2.45, 2.75) is 31.8 Å². The van der Waals surface area contributed by atoms with E-state index in [1.807, 2.05) is 6.07 Å². The van der Waals surface area contributed by atoms with E-state index in [9.17, 15) is 4.39 Å². The van der Waals surface area contributed by atoms with Crippen molar-refractivity contribution < 1.29 is 4.39 Å². The lowest BCUT2D eigenvalue weighted by Gasteiger charge is -2.23. The summed E-state index contributed by atoms with van der Waals surface area (Å²) >= 11 is 0. The second kappa shape index (κ2) is 5.15. The standard InChI is InChI=1S/C18H19FN2/c19-15-6-5-13-9-10-21(18(13)11-15)17-4-2-1-3-14(17)12-20-16-7-8-16/h1-6,11,16,20H,7-10,12H2. The van der Waals surface area contributed by atoms with Crippen LogP contribution in [-0.4, -0.2) is 12.6 Å². The van der Waals surface area contributed by atoms with E-state index in [1.54, 1.807) is 12.1 Å². The molecule has 1 N–H and O–H groups in total. The van der Waals surface area contributed by atoms with Crippen molar-refractivity contribution in [3.05, 3.63) is 59.4 Å². The van der Waals surface area contributed by atoms with Crippen molar-refractivity contribution >= 4 is 11.4 Å². The van der Waals surface area contributed by atoms with Gasteiger partial charge in [-0.05, 0) is 48.6 Å². The third kappa shape index (κ3) is 2.54. The first kappa shape index (κ1) is 12.8. The van der Waals surface area contributed by atoms with Gasteiger partial charge in [-0.25, -0.2) is 4.39 Å². The molecule has 0 spiro atoms. The molecule has 1 aliphatic heterocycles. The number of hydrogen-bond donors (Lipinski definition) is 1. The molecule has 0 bridgehead atoms. The number of rotatable bonds is 4. The number of fused-ring (bicyclic) bond motifs is 1. The topological polar surface area (TPSA) is 15.3 Å². The smallest absolute Gasteiger partial charge is 0.125 e. The lowest BCUT2D eigenvalue weighted by Crippen LogP contribution is -2.20. The Morgan fingerprint density at radius 2 is 1.95 bits per heavy atom. The summed E-state index contributed by atoms with van der Waals surface area (Å²) in [5.41, 5.74) is 4.76. The predicted octanol–water partition coefficient (Wildman–Crippen LogP) is 3.77. The maximum absolute atomic E-state index is 13.6. The molecular weight excluding hydrogens is 263 g/mol. The van der Waals surface area contributed by atoms with Crippen LogP contribution < -0.4 is 10.2 Å². The van der Waals surface area contributed by atoms with Crippen molar-refractivity contribution in [3.8, 4) is 0 Å². The molecule has 2 aromatic carbocycles. The Balaban J connectivity index is 1.66. The molecule has 0 aromatic heterocycles. The zero-order valence-electron chi connectivity index (χ0n) is 12.0. The number of nitrogens with zero attached hydrogens (tertiary/aromatic N) is 1. The van der Waals surface area contributed by atoms with Crippen molar-refractivity contribution in [2.75, 3.05) is 11.4 Å². The van der Waals surface area contributed by atoms with E-state index in [0.29, 0.717) is 6.04 Å². The Bertz CT molecular complexity index is 664. The first-order valence-corrected chi connectivity index (χ1v) is 7.68. The summed E-state index contributed by atoms with van der Waals surface area (Å²) in [5.74, 6) is -0.158. The van der Waals surface area contributed by atoms with Crippen LogP contribution in [0.2, 0.25) is 0 Å². The fourth-order valence-electron chi connectivity index (χ4n) is 3.07. The van der Waals surface area contributed by atoms with Crippen molar-refractivity contribution in [3.63, 3.8) is 0 Å². The Hall–Kier alpha value is -1.87. The molecule has 2 aromatic rings. The van der Waals surface area contributed by atoms with Crippen LogP contribution in [-0.2, 0) is 13.0 Å². The molecule has 0 amide bonds. The van der Waals surface area contributed by atoms with Gasteiger partial charge >= 0.3 is 0 Å². The highest BCUT2D eigenvalue weighted by Gasteiger charge is 2.24. The summed E-state index contributed by atoms with van der Waals surface area (Å²) in [4.78, 5) is 2.25. The first-order valence-electron chi connectivity index (χ1n) is 7.68. The summed E-state index contributed by atoms with van der Waals surface area (Å²) in [6.07, 6.45) is 3.57. The zero-order chi connectivity index (χ0) is 14.2. The third-order valence-corrected chi connectivity index (χ3v) is 4.38. The van der Waals surface area contributed by atoms with Gasteiger partial charge in [-0.15, -0.1) is 0 Å². The Labute approximate surface area is 124 Å². The second-order valence-corrected chi connectivity index (χ2v) is 5.96. The van der Waals surface area contributed by atoms with Gasteiger partial charge in [0.15, 0.2) is 0 Å². The minimum absolute atomic E-state index is 0.158. The molecule has 0 radical (unpaired) electrons. The Morgan fingerprint density at radius 1 is 1.10 bits per heavy atom. The number of hydrogen-bond acceptors (Lipinski definition) is 2. The molecule has 1 aliphatic carbocycles. The van der Waals surface area contributed by atoms with E-state index >= 15 is 0 Å². The van der Waals surface area contributed by atoms with Crippen LogP contribution in [0.5, 0.6) is 0 Å². The third-order valence-electron chi connectivity index (χ3n) is 4.38. The molecule has 1 saturated carbocycles. The summed E-state index contributed by atoms with van der Waals surface area (Å²) in [6.45, 7) is 1.82. The van der Waals surface area contributed by atoms with Crippen LogP contribution in [0.3, 0.4) is 0 Å². The van der Waals surface area contributed by atoms with Gasteiger partial charge in [0, 0.05) is 30.5 Å². The van der Waals surface area contributed by atoms with E-state index in [2.05, 4.69) is 34.5 Å². The van der Waals surface area contributed by atoms with Crippen molar-refractivity contribution in [1.82, 2.24) is 5.32 Å². The summed E-state index contributed by atoms with van der Waals surface area (Å²) in [7, 11) is 0. The lowest BCUT2D eigenvalue weighted by molar-refractivity contribution is 0.628. The highest BCUT2D eigenvalue weighted by atomic mass is 19.1. The molecule has 108 valence electrons. The summed E-state index contributed by atoms with van der Waals surface area (Å²) < 4.78 is 13.6. The Kier molecular flexibility index (Phi) is 3.15. The van der Waals surface area contributed by atoms with Gasteiger partial charge in [-0.2, -0.15) is 0 Å². The van der Waals surface area contributed by atoms with Gasteiger partial charge < -0.3 is 10.2 Å². The molecule has 3 heteroatoms. The predicted molar refractivity (Wildman–Crippen MR) is 83.4 cm³/mol. The van der Waals surface area contributed by atoms with E-state index in [1.165, 1.54) is 29.7 Å². The first-order chi connectivity index (χ1) is 10.3. The monoisotopic (exact) mass is 282 g/mol. The molecule has 0 atom stereocenters. The second-order valence-electron chi connectivity index (χ2n) is 5.96. The highest BCUT2D eigenvalue weighted by Crippen LogP contribution is 2.36. The summed E-state index contributed by atoms with van der Waals surface area (Å²) in [6, 6.07) is 14.3. The molecule has 0 unspecified atom stereocenters. The van der Waals surface area contributed by atoms with Crippen molar-refractivity contribution in [2.24, 2.45) is 0 Å². The van der Waals surface area contributed by atoms with Crippen LogP contribution in [0, 0.1) is 5.82 Å². The average molecular weight is 282 g/mol. The van der Waals surface area contributed by atoms with Gasteiger partial charge in [0.2, 0.25) is 0 Å². The molecule has 2 aliphatic rings. The number of benzene rings is 2. The Morgan fingerprint density at radius 3 is 2.81 bits per heavy atom. The minimum Gasteiger partial charge on any atom is -0.341 e. The molecule has 0 saturated heterocycles. The fourth-order valence-corrected chi connectivity index (χ4v) is 3.07. The maximum atomic E-state index is 13.6. The van der Waals surface area contributed by atoms with Gasteiger partial charge in [-0.1, -0.05) is 24.3 Å². The molecular formula is C18H19FN2.